The van der Waals surface area contributed by atoms with Crippen LogP contribution in [0.15, 0.2) is 54.6 Å². The van der Waals surface area contributed by atoms with Crippen molar-refractivity contribution in [1.82, 2.24) is 15.2 Å². The van der Waals surface area contributed by atoms with Crippen molar-refractivity contribution in [2.24, 2.45) is 0 Å². The van der Waals surface area contributed by atoms with Crippen molar-refractivity contribution in [3.05, 3.63) is 71.3 Å². The van der Waals surface area contributed by atoms with E-state index < -0.39 is 23.4 Å². The highest BCUT2D eigenvalue weighted by atomic mass is 32.1. The number of hydrogen-bond acceptors (Lipinski definition) is 5. The number of aromatic nitrogens is 1. The Labute approximate surface area is 194 Å². The molecule has 0 radical (unpaired) electrons. The van der Waals surface area contributed by atoms with Gasteiger partial charge in [0.15, 0.2) is 5.13 Å². The molecule has 1 aliphatic rings. The van der Waals surface area contributed by atoms with Gasteiger partial charge in [0.2, 0.25) is 5.91 Å². The Hall–Kier alpha value is -3.78. The zero-order valence-electron chi connectivity index (χ0n) is 18.4. The van der Waals surface area contributed by atoms with Gasteiger partial charge in [0.05, 0.1) is 10.2 Å². The molecule has 8 heteroatoms. The predicted octanol–water partition coefficient (Wildman–Crippen LogP) is 4.47. The number of thiazole rings is 1. The molecule has 1 atom stereocenters. The predicted molar refractivity (Wildman–Crippen MR) is 129 cm³/mol. The Kier molecular flexibility index (Phi) is 4.90. The fourth-order valence-electron chi connectivity index (χ4n) is 4.26. The number of imide groups is 1. The maximum Gasteiger partial charge on any atom is 0.325 e. The summed E-state index contributed by atoms with van der Waals surface area (Å²) in [5.41, 5.74) is 2.40. The third kappa shape index (κ3) is 3.62. The van der Waals surface area contributed by atoms with E-state index in [9.17, 15) is 14.4 Å². The number of hydrogen-bond donors (Lipinski definition) is 2. The SMILES string of the molecule is Cc1cc(C)c2nc(NC(=O)CN3C(=O)NC(C)(c4ccc5ccccc5c4)C3=O)sc2c1. The number of fused-ring (bicyclic) bond motifs is 2. The average Bonchev–Trinajstić information content (AvgIpc) is 3.27. The van der Waals surface area contributed by atoms with E-state index in [4.69, 9.17) is 0 Å². The van der Waals surface area contributed by atoms with Gasteiger partial charge < -0.3 is 10.6 Å². The highest BCUT2D eigenvalue weighted by Gasteiger charge is 2.49. The van der Waals surface area contributed by atoms with Crippen LogP contribution in [0.4, 0.5) is 9.93 Å². The van der Waals surface area contributed by atoms with Gasteiger partial charge in [-0.25, -0.2) is 9.78 Å². The van der Waals surface area contributed by atoms with Gasteiger partial charge in [0, 0.05) is 0 Å². The summed E-state index contributed by atoms with van der Waals surface area (Å²) in [4.78, 5) is 44.0. The van der Waals surface area contributed by atoms with E-state index in [2.05, 4.69) is 15.6 Å². The van der Waals surface area contributed by atoms with E-state index >= 15 is 0 Å². The van der Waals surface area contributed by atoms with Crippen LogP contribution in [0.25, 0.3) is 21.0 Å². The highest BCUT2D eigenvalue weighted by Crippen LogP contribution is 2.32. The van der Waals surface area contributed by atoms with Crippen LogP contribution < -0.4 is 10.6 Å². The molecule has 3 aromatic carbocycles. The molecular weight excluding hydrogens is 436 g/mol. The first kappa shape index (κ1) is 21.1. The van der Waals surface area contributed by atoms with Gasteiger partial charge in [0.25, 0.3) is 5.91 Å². The maximum absolute atomic E-state index is 13.2. The summed E-state index contributed by atoms with van der Waals surface area (Å²) in [6, 6.07) is 16.9. The number of aryl methyl sites for hydroxylation is 2. The van der Waals surface area contributed by atoms with Gasteiger partial charge in [-0.05, 0) is 60.4 Å². The molecule has 0 aliphatic carbocycles. The lowest BCUT2D eigenvalue weighted by molar-refractivity contribution is -0.133. The van der Waals surface area contributed by atoms with Crippen LogP contribution in [0.2, 0.25) is 0 Å². The smallest absolute Gasteiger partial charge is 0.319 e. The lowest BCUT2D eigenvalue weighted by atomic mass is 9.90. The largest absolute Gasteiger partial charge is 0.325 e. The molecule has 4 aromatic rings. The lowest BCUT2D eigenvalue weighted by Crippen LogP contribution is -2.42. The average molecular weight is 459 g/mol. The molecule has 4 amide bonds. The summed E-state index contributed by atoms with van der Waals surface area (Å²) in [5.74, 6) is -0.941. The number of urea groups is 1. The second kappa shape index (κ2) is 7.67. The monoisotopic (exact) mass is 458 g/mol. The Bertz CT molecular complexity index is 1460. The number of nitrogens with one attached hydrogen (secondary N) is 2. The second-order valence-corrected chi connectivity index (χ2v) is 9.53. The normalized spacial score (nSPS) is 18.2. The van der Waals surface area contributed by atoms with Crippen molar-refractivity contribution in [3.8, 4) is 0 Å². The molecule has 1 aromatic heterocycles. The van der Waals surface area contributed by atoms with E-state index in [0.717, 1.165) is 37.0 Å². The first-order chi connectivity index (χ1) is 15.7. The number of nitrogens with zero attached hydrogens (tertiary/aromatic N) is 2. The maximum atomic E-state index is 13.2. The summed E-state index contributed by atoms with van der Waals surface area (Å²) in [7, 11) is 0. The molecule has 0 spiro atoms. The van der Waals surface area contributed by atoms with Crippen molar-refractivity contribution in [3.63, 3.8) is 0 Å². The van der Waals surface area contributed by atoms with Crippen LogP contribution in [0.3, 0.4) is 0 Å². The molecule has 0 saturated carbocycles. The fraction of sp³-hybridized carbons (Fsp3) is 0.200. The summed E-state index contributed by atoms with van der Waals surface area (Å²) < 4.78 is 0.974. The number of rotatable bonds is 4. The lowest BCUT2D eigenvalue weighted by Gasteiger charge is -2.22. The number of anilines is 1. The topological polar surface area (TPSA) is 91.4 Å². The molecule has 7 nitrogen and oxygen atoms in total. The standard InChI is InChI=1S/C25H22N4O3S/c1-14-10-15(2)21-19(11-14)33-23(27-21)26-20(30)13-29-22(31)25(3,28-24(29)32)18-9-8-16-6-4-5-7-17(16)12-18/h4-12H,13H2,1-3H3,(H,28,32)(H,26,27,30). The molecule has 1 fully saturated rings. The molecule has 2 N–H and O–H groups in total. The van der Waals surface area contributed by atoms with E-state index in [1.54, 1.807) is 6.92 Å². The van der Waals surface area contributed by atoms with Gasteiger partial charge in [0.1, 0.15) is 12.1 Å². The van der Waals surface area contributed by atoms with Crippen LogP contribution in [0.1, 0.15) is 23.6 Å². The summed E-state index contributed by atoms with van der Waals surface area (Å²) in [5, 5.41) is 7.94. The Morgan fingerprint density at radius 2 is 1.85 bits per heavy atom. The minimum Gasteiger partial charge on any atom is -0.319 e. The molecule has 5 rings (SSSR count). The highest BCUT2D eigenvalue weighted by molar-refractivity contribution is 7.22. The quantitative estimate of drug-likeness (QED) is 0.442. The molecule has 0 bridgehead atoms. The summed E-state index contributed by atoms with van der Waals surface area (Å²) in [6.45, 7) is 5.26. The number of carbonyl (C=O) groups is 3. The van der Waals surface area contributed by atoms with Gasteiger partial charge in [-0.15, -0.1) is 0 Å². The van der Waals surface area contributed by atoms with E-state index in [1.165, 1.54) is 11.3 Å². The molecule has 1 unspecified atom stereocenters. The fourth-order valence-corrected chi connectivity index (χ4v) is 5.32. The Balaban J connectivity index is 1.35. The van der Waals surface area contributed by atoms with Gasteiger partial charge in [-0.2, -0.15) is 0 Å². The van der Waals surface area contributed by atoms with Gasteiger partial charge in [-0.3, -0.25) is 14.5 Å². The van der Waals surface area contributed by atoms with Crippen LogP contribution in [-0.4, -0.2) is 34.3 Å². The van der Waals surface area contributed by atoms with E-state index in [0.29, 0.717) is 10.7 Å². The zero-order chi connectivity index (χ0) is 23.3. The molecule has 33 heavy (non-hydrogen) atoms. The Morgan fingerprint density at radius 3 is 2.64 bits per heavy atom. The summed E-state index contributed by atoms with van der Waals surface area (Å²) >= 11 is 1.36. The minimum atomic E-state index is -1.24. The minimum absolute atomic E-state index is 0.387. The Morgan fingerprint density at radius 1 is 1.09 bits per heavy atom. The first-order valence-electron chi connectivity index (χ1n) is 10.6. The van der Waals surface area contributed by atoms with Crippen molar-refractivity contribution in [2.45, 2.75) is 26.3 Å². The third-order valence-corrected chi connectivity index (χ3v) is 6.90. The second-order valence-electron chi connectivity index (χ2n) is 8.50. The molecule has 1 aliphatic heterocycles. The number of amides is 4. The van der Waals surface area contributed by atoms with Crippen molar-refractivity contribution in [1.29, 1.82) is 0 Å². The number of carbonyl (C=O) groups excluding carboxylic acids is 3. The molecular formula is C25H22N4O3S. The van der Waals surface area contributed by atoms with Crippen LogP contribution in [0, 0.1) is 13.8 Å². The van der Waals surface area contributed by atoms with Crippen molar-refractivity contribution in [2.75, 3.05) is 11.9 Å². The van der Waals surface area contributed by atoms with Crippen molar-refractivity contribution < 1.29 is 14.4 Å². The van der Waals surface area contributed by atoms with Gasteiger partial charge in [-0.1, -0.05) is 53.8 Å². The van der Waals surface area contributed by atoms with Crippen molar-refractivity contribution >= 4 is 55.3 Å². The zero-order valence-corrected chi connectivity index (χ0v) is 19.2. The van der Waals surface area contributed by atoms with Crippen LogP contribution in [-0.2, 0) is 15.1 Å². The van der Waals surface area contributed by atoms with E-state index in [1.807, 2.05) is 68.4 Å². The first-order valence-corrected chi connectivity index (χ1v) is 11.4. The summed E-state index contributed by atoms with van der Waals surface area (Å²) in [6.07, 6.45) is 0. The van der Waals surface area contributed by atoms with Gasteiger partial charge >= 0.3 is 6.03 Å². The van der Waals surface area contributed by atoms with Crippen LogP contribution in [0.5, 0.6) is 0 Å². The molecule has 2 heterocycles. The number of benzene rings is 3. The molecule has 1 saturated heterocycles. The third-order valence-electron chi connectivity index (χ3n) is 5.98. The van der Waals surface area contributed by atoms with Crippen LogP contribution >= 0.6 is 11.3 Å². The van der Waals surface area contributed by atoms with E-state index in [-0.39, 0.29) is 6.54 Å². The molecule has 166 valence electrons.